The summed E-state index contributed by atoms with van der Waals surface area (Å²) in [5.74, 6) is -19.3. The molecule has 3 aromatic rings. The van der Waals surface area contributed by atoms with E-state index in [0.717, 1.165) is 0 Å². The summed E-state index contributed by atoms with van der Waals surface area (Å²) in [7, 11) is 0. The molecule has 0 saturated carbocycles. The molecule has 0 aliphatic heterocycles. The number of aromatic hydroxyl groups is 2. The van der Waals surface area contributed by atoms with Crippen molar-refractivity contribution in [1.82, 2.24) is 74.4 Å². The summed E-state index contributed by atoms with van der Waals surface area (Å²) in [4.78, 5) is 197. The summed E-state index contributed by atoms with van der Waals surface area (Å²) in [6, 6.07) is 2.11. The number of phenolic OH excluding ortho intramolecular Hbond substituents is 2. The third-order valence-corrected chi connectivity index (χ3v) is 14.9. The van der Waals surface area contributed by atoms with Crippen molar-refractivity contribution < 1.29 is 113 Å². The molecular formula is C63H89N19O23. The van der Waals surface area contributed by atoms with Gasteiger partial charge in [-0.3, -0.25) is 77.9 Å². The van der Waals surface area contributed by atoms with Gasteiger partial charge < -0.3 is 132 Å². The normalized spacial score (nSPS) is 13.6. The zero-order valence-corrected chi connectivity index (χ0v) is 56.4. The van der Waals surface area contributed by atoms with Gasteiger partial charge in [0.25, 0.3) is 0 Å². The first-order valence-electron chi connectivity index (χ1n) is 32.3. The van der Waals surface area contributed by atoms with E-state index in [1.54, 1.807) is 30.3 Å². The highest BCUT2D eigenvalue weighted by atomic mass is 16.4. The second kappa shape index (κ2) is 45.5. The summed E-state index contributed by atoms with van der Waals surface area (Å²) in [5.41, 5.74) is 18.1. The summed E-state index contributed by atoms with van der Waals surface area (Å²) < 4.78 is 0. The van der Waals surface area contributed by atoms with E-state index in [2.05, 4.69) is 74.4 Å². The third kappa shape index (κ3) is 33.8. The lowest BCUT2D eigenvalue weighted by Crippen LogP contribution is -2.60. The molecule has 3 rings (SSSR count). The first-order chi connectivity index (χ1) is 49.7. The molecule has 0 bridgehead atoms. The minimum absolute atomic E-state index is 0.0135. The zero-order valence-electron chi connectivity index (χ0n) is 56.4. The second-order valence-electron chi connectivity index (χ2n) is 23.3. The summed E-state index contributed by atoms with van der Waals surface area (Å²) in [6.07, 6.45) is -3.55. The Balaban J connectivity index is 1.67. The van der Waals surface area contributed by atoms with E-state index < -0.39 is 220 Å². The number of carboxylic acids is 3. The molecule has 574 valence electrons. The van der Waals surface area contributed by atoms with Crippen molar-refractivity contribution in [2.75, 3.05) is 52.5 Å². The van der Waals surface area contributed by atoms with Crippen LogP contribution in [0.2, 0.25) is 0 Å². The molecule has 105 heavy (non-hydrogen) atoms. The fraction of sp³-hybridized carbons (Fsp3) is 0.444. The Morgan fingerprint density at radius 1 is 0.362 bits per heavy atom. The average Bonchev–Trinajstić information content (AvgIpc) is 0.834. The molecule has 0 spiro atoms. The van der Waals surface area contributed by atoms with Crippen molar-refractivity contribution in [3.63, 3.8) is 0 Å². The van der Waals surface area contributed by atoms with Crippen LogP contribution in [0.25, 0.3) is 0 Å². The number of phenols is 2. The molecule has 42 nitrogen and oxygen atoms in total. The summed E-state index contributed by atoms with van der Waals surface area (Å²) in [5, 5.41) is 125. The number of carboxylic acid groups (broad SMARTS) is 3. The highest BCUT2D eigenvalue weighted by molar-refractivity contribution is 5.99. The van der Waals surface area contributed by atoms with Gasteiger partial charge in [0.05, 0.1) is 51.9 Å². The van der Waals surface area contributed by atoms with E-state index in [-0.39, 0.29) is 69.5 Å². The van der Waals surface area contributed by atoms with Crippen molar-refractivity contribution in [2.45, 2.75) is 125 Å². The Morgan fingerprint density at radius 2 is 0.714 bits per heavy atom. The number of carbonyl (C=O) groups excluding carboxylic acids is 12. The van der Waals surface area contributed by atoms with E-state index >= 15 is 0 Å². The van der Waals surface area contributed by atoms with Gasteiger partial charge in [-0.15, -0.1) is 0 Å². The fourth-order valence-electron chi connectivity index (χ4n) is 9.43. The van der Waals surface area contributed by atoms with Gasteiger partial charge in [-0.2, -0.15) is 0 Å². The molecule has 0 fully saturated rings. The van der Waals surface area contributed by atoms with Crippen molar-refractivity contribution in [2.24, 2.45) is 17.2 Å². The number of amides is 12. The van der Waals surface area contributed by atoms with Crippen LogP contribution in [0.15, 0.2) is 78.9 Å². The number of benzene rings is 3. The monoisotopic (exact) mass is 1480 g/mol. The number of nitrogens with one attached hydrogen (secondary N) is 16. The van der Waals surface area contributed by atoms with E-state index in [0.29, 0.717) is 16.7 Å². The maximum Gasteiger partial charge on any atom is 0.326 e. The first kappa shape index (κ1) is 86.9. The molecule has 3 aromatic carbocycles. The Kier molecular flexibility index (Phi) is 37.7. The zero-order chi connectivity index (χ0) is 78.3. The van der Waals surface area contributed by atoms with Crippen LogP contribution < -0.4 is 91.6 Å². The number of hydrogen-bond donors (Lipinski definition) is 27. The Bertz CT molecular complexity index is 3520. The number of carbonyl (C=O) groups is 15. The van der Waals surface area contributed by atoms with Gasteiger partial charge in [-0.25, -0.2) is 4.79 Å². The number of nitrogens with two attached hydrogens (primary N) is 3. The van der Waals surface area contributed by atoms with Crippen LogP contribution >= 0.6 is 0 Å². The fourth-order valence-corrected chi connectivity index (χ4v) is 9.43. The van der Waals surface area contributed by atoms with Crippen LogP contribution in [-0.2, 0) is 91.2 Å². The maximum atomic E-state index is 13.8. The highest BCUT2D eigenvalue weighted by Crippen LogP contribution is 2.14. The number of aliphatic hydroxyl groups is 3. The third-order valence-electron chi connectivity index (χ3n) is 14.9. The molecule has 30 N–H and O–H groups in total. The van der Waals surface area contributed by atoms with Gasteiger partial charge in [0.15, 0.2) is 11.9 Å². The van der Waals surface area contributed by atoms with Gasteiger partial charge in [-0.05, 0) is 79.5 Å². The SMILES string of the molecule is N=C(N)NCCC[C@H](NC(=O)[C@H](CO)NC(=O)CNC(=O)[C@H](Cc1ccc(O)cc1)NC(=O)CNC(=O)CNC(=O)[C@H](CO)NC(=O)[C@H](CCCNC(=N)N)NC(=O)[C@H](CO)NC(=O)[C@H](CCC(=O)O)NC(=O)[C@@H](N)Cc1ccccc1)C(=O)N[C@@H](CC(=O)O)C(=O)N[C@@H](Cc1ccc(O)cc1)C(=O)O. The smallest absolute Gasteiger partial charge is 0.326 e. The highest BCUT2D eigenvalue weighted by Gasteiger charge is 2.35. The number of aliphatic carboxylic acids is 3. The Morgan fingerprint density at radius 3 is 1.16 bits per heavy atom. The minimum Gasteiger partial charge on any atom is -0.508 e. The molecule has 0 unspecified atom stereocenters. The largest absolute Gasteiger partial charge is 0.508 e. The van der Waals surface area contributed by atoms with Crippen LogP contribution in [-0.4, -0.2) is 255 Å². The lowest BCUT2D eigenvalue weighted by molar-refractivity contribution is -0.144. The molecule has 0 aromatic heterocycles. The first-order valence-corrected chi connectivity index (χ1v) is 32.3. The van der Waals surface area contributed by atoms with Gasteiger partial charge in [-0.1, -0.05) is 54.6 Å². The maximum absolute atomic E-state index is 13.8. The lowest BCUT2D eigenvalue weighted by atomic mass is 10.0. The van der Waals surface area contributed by atoms with Gasteiger partial charge in [0.1, 0.15) is 65.9 Å². The van der Waals surface area contributed by atoms with Gasteiger partial charge in [0, 0.05) is 32.4 Å². The second-order valence-corrected chi connectivity index (χ2v) is 23.3. The molecule has 0 aliphatic rings. The van der Waals surface area contributed by atoms with Crippen molar-refractivity contribution in [3.05, 3.63) is 95.6 Å². The molecule has 0 heterocycles. The Hall–Kier alpha value is -12.3. The Labute approximate surface area is 598 Å². The quantitative estimate of drug-likeness (QED) is 0.0142. The predicted octanol–water partition coefficient (Wildman–Crippen LogP) is -9.91. The number of aliphatic hydroxyl groups excluding tert-OH is 3. The molecule has 10 atom stereocenters. The summed E-state index contributed by atoms with van der Waals surface area (Å²) >= 11 is 0. The minimum atomic E-state index is -1.96. The van der Waals surface area contributed by atoms with Gasteiger partial charge >= 0.3 is 17.9 Å². The number of rotatable bonds is 47. The van der Waals surface area contributed by atoms with Crippen molar-refractivity contribution in [3.8, 4) is 11.5 Å². The average molecular weight is 1480 g/mol. The molecule has 12 amide bonds. The van der Waals surface area contributed by atoms with Crippen LogP contribution in [0.3, 0.4) is 0 Å². The van der Waals surface area contributed by atoms with E-state index in [9.17, 15) is 113 Å². The van der Waals surface area contributed by atoms with E-state index in [1.165, 1.54) is 48.5 Å². The molecule has 0 radical (unpaired) electrons. The van der Waals surface area contributed by atoms with E-state index in [1.807, 2.05) is 0 Å². The summed E-state index contributed by atoms with van der Waals surface area (Å²) in [6.45, 7) is -6.26. The van der Waals surface area contributed by atoms with E-state index in [4.69, 9.17) is 28.0 Å². The standard InChI is InChI=1S/C63H89N19O23/c64-37(22-32-6-2-1-3-7-32)52(95)76-40(18-19-50(91)92)57(100)82-46(31-85)60(103)78-39(9-5-21-70-63(67)68)56(99)81-44(29-83)54(97)72-26-47(88)71-27-48(89)74-41(23-33-10-14-35(86)15-11-33)53(96)73-28-49(90)75-45(30-84)59(102)77-38(8-4-20-69-62(65)66)55(98)79-42(25-51(93)94)58(101)80-43(61(104)105)24-34-12-16-36(87)17-13-34/h1-3,6-7,10-17,37-46,83-87H,4-5,8-9,18-31,64H2,(H,71,88)(H,72,97)(H,73,96)(H,74,89)(H,75,90)(H,76,95)(H,77,102)(H,78,103)(H,79,98)(H,80,101)(H,81,99)(H,82,100)(H,91,92)(H,93,94)(H,104,105)(H4,65,66,69)(H4,67,68,70)/t37-,38-,39-,40-,41-,42-,43-,44-,45-,46-/m0/s1. The van der Waals surface area contributed by atoms with Crippen LogP contribution in [0.4, 0.5) is 0 Å². The molecule has 42 heteroatoms. The molecular weight excluding hydrogens is 1390 g/mol. The molecule has 0 aliphatic carbocycles. The lowest BCUT2D eigenvalue weighted by Gasteiger charge is -2.26. The number of hydrogen-bond acceptors (Lipinski definition) is 23. The topological polar surface area (TPSA) is 712 Å². The molecule has 0 saturated heterocycles. The van der Waals surface area contributed by atoms with Gasteiger partial charge in [0.2, 0.25) is 70.9 Å². The van der Waals surface area contributed by atoms with Crippen molar-refractivity contribution in [1.29, 1.82) is 10.8 Å². The van der Waals surface area contributed by atoms with Crippen LogP contribution in [0, 0.1) is 10.8 Å². The van der Waals surface area contributed by atoms with Crippen LogP contribution in [0.1, 0.15) is 61.6 Å². The number of guanidine groups is 2. The van der Waals surface area contributed by atoms with Crippen LogP contribution in [0.5, 0.6) is 11.5 Å². The van der Waals surface area contributed by atoms with Crippen molar-refractivity contribution >= 4 is 101 Å². The predicted molar refractivity (Wildman–Crippen MR) is 364 cm³/mol.